The minimum absolute atomic E-state index is 0.0518. The summed E-state index contributed by atoms with van der Waals surface area (Å²) in [6.07, 6.45) is 2.26. The fourth-order valence-electron chi connectivity index (χ4n) is 3.70. The van der Waals surface area contributed by atoms with Crippen LogP contribution in [-0.2, 0) is 4.74 Å². The van der Waals surface area contributed by atoms with E-state index >= 15 is 0 Å². The van der Waals surface area contributed by atoms with Gasteiger partial charge in [-0.05, 0) is 25.0 Å². The largest absolute Gasteiger partial charge is 0.378 e. The minimum Gasteiger partial charge on any atom is -0.378 e. The van der Waals surface area contributed by atoms with Crippen molar-refractivity contribution in [3.8, 4) is 0 Å². The lowest BCUT2D eigenvalue weighted by Crippen LogP contribution is -2.49. The molecule has 0 atom stereocenters. The summed E-state index contributed by atoms with van der Waals surface area (Å²) in [5.74, 6) is 2.99. The first-order valence-electron chi connectivity index (χ1n) is 9.95. The Labute approximate surface area is 163 Å². The molecule has 0 bridgehead atoms. The molecule has 9 nitrogen and oxygen atoms in total. The molecule has 0 aromatic carbocycles. The predicted molar refractivity (Wildman–Crippen MR) is 102 cm³/mol. The fourth-order valence-corrected chi connectivity index (χ4v) is 3.70. The standard InChI is InChI=1S/C19H24N6O3/c26-19(15-13-16(28-22-15)14-1-2-14)25-7-5-23(6-8-25)17-3-4-18(21-20-17)24-9-11-27-12-10-24/h3-4,13-14H,1-2,5-12H2. The summed E-state index contributed by atoms with van der Waals surface area (Å²) in [5, 5.41) is 12.7. The van der Waals surface area contributed by atoms with Gasteiger partial charge in [0.25, 0.3) is 5.91 Å². The van der Waals surface area contributed by atoms with Gasteiger partial charge in [-0.1, -0.05) is 5.16 Å². The van der Waals surface area contributed by atoms with Crippen molar-refractivity contribution >= 4 is 17.5 Å². The molecule has 3 fully saturated rings. The number of ether oxygens (including phenoxy) is 1. The van der Waals surface area contributed by atoms with Crippen LogP contribution in [0.2, 0.25) is 0 Å². The molecule has 0 N–H and O–H groups in total. The third kappa shape index (κ3) is 3.54. The molecule has 148 valence electrons. The van der Waals surface area contributed by atoms with E-state index in [9.17, 15) is 4.79 Å². The molecule has 2 aromatic rings. The van der Waals surface area contributed by atoms with Gasteiger partial charge in [-0.3, -0.25) is 4.79 Å². The lowest BCUT2D eigenvalue weighted by molar-refractivity contribution is 0.0736. The van der Waals surface area contributed by atoms with Crippen LogP contribution in [0.5, 0.6) is 0 Å². The van der Waals surface area contributed by atoms with E-state index in [0.29, 0.717) is 24.7 Å². The maximum Gasteiger partial charge on any atom is 0.276 e. The summed E-state index contributed by atoms with van der Waals surface area (Å²) >= 11 is 0. The Hall–Kier alpha value is -2.68. The van der Waals surface area contributed by atoms with E-state index in [-0.39, 0.29) is 5.91 Å². The zero-order chi connectivity index (χ0) is 18.9. The van der Waals surface area contributed by atoms with Crippen LogP contribution >= 0.6 is 0 Å². The van der Waals surface area contributed by atoms with Gasteiger partial charge in [0.15, 0.2) is 17.3 Å². The quantitative estimate of drug-likeness (QED) is 0.776. The summed E-state index contributed by atoms with van der Waals surface area (Å²) in [5.41, 5.74) is 0.421. The highest BCUT2D eigenvalue weighted by molar-refractivity contribution is 5.92. The van der Waals surface area contributed by atoms with Crippen LogP contribution in [0.1, 0.15) is 35.0 Å². The first-order chi connectivity index (χ1) is 13.8. The van der Waals surface area contributed by atoms with Crippen molar-refractivity contribution in [2.75, 3.05) is 62.3 Å². The maximum absolute atomic E-state index is 12.7. The van der Waals surface area contributed by atoms with Crippen molar-refractivity contribution in [1.82, 2.24) is 20.3 Å². The highest BCUT2D eigenvalue weighted by atomic mass is 16.5. The highest BCUT2D eigenvalue weighted by Gasteiger charge is 2.31. The van der Waals surface area contributed by atoms with Crippen LogP contribution in [0.15, 0.2) is 22.7 Å². The van der Waals surface area contributed by atoms with Crippen LogP contribution < -0.4 is 9.80 Å². The molecule has 0 radical (unpaired) electrons. The van der Waals surface area contributed by atoms with E-state index in [1.54, 1.807) is 0 Å². The zero-order valence-corrected chi connectivity index (χ0v) is 15.8. The van der Waals surface area contributed by atoms with E-state index in [4.69, 9.17) is 9.26 Å². The number of morpholine rings is 1. The minimum atomic E-state index is -0.0518. The van der Waals surface area contributed by atoms with Gasteiger partial charge in [0.1, 0.15) is 5.76 Å². The second-order valence-corrected chi connectivity index (χ2v) is 7.52. The summed E-state index contributed by atoms with van der Waals surface area (Å²) in [6, 6.07) is 5.83. The van der Waals surface area contributed by atoms with Crippen LogP contribution in [-0.4, -0.2) is 78.6 Å². The number of carbonyl (C=O) groups excluding carboxylic acids is 1. The molecule has 9 heteroatoms. The van der Waals surface area contributed by atoms with Crippen LogP contribution in [0.4, 0.5) is 11.6 Å². The van der Waals surface area contributed by atoms with Gasteiger partial charge in [-0.15, -0.1) is 10.2 Å². The second kappa shape index (κ2) is 7.38. The van der Waals surface area contributed by atoms with Gasteiger partial charge >= 0.3 is 0 Å². The van der Waals surface area contributed by atoms with Crippen LogP contribution in [0, 0.1) is 0 Å². The molecule has 3 aliphatic rings. The van der Waals surface area contributed by atoms with Gasteiger partial charge < -0.3 is 24.0 Å². The molecular weight excluding hydrogens is 360 g/mol. The molecule has 2 aromatic heterocycles. The number of hydrogen-bond acceptors (Lipinski definition) is 8. The molecule has 0 spiro atoms. The third-order valence-corrected chi connectivity index (χ3v) is 5.59. The van der Waals surface area contributed by atoms with Crippen LogP contribution in [0.3, 0.4) is 0 Å². The smallest absolute Gasteiger partial charge is 0.276 e. The summed E-state index contributed by atoms with van der Waals surface area (Å²) in [7, 11) is 0. The summed E-state index contributed by atoms with van der Waals surface area (Å²) in [6.45, 7) is 5.88. The van der Waals surface area contributed by atoms with Crippen LogP contribution in [0.25, 0.3) is 0 Å². The number of carbonyl (C=O) groups is 1. The topological polar surface area (TPSA) is 87.8 Å². The molecule has 2 aliphatic heterocycles. The van der Waals surface area contributed by atoms with E-state index in [1.165, 1.54) is 0 Å². The lowest BCUT2D eigenvalue weighted by Gasteiger charge is -2.35. The molecule has 1 amide bonds. The highest BCUT2D eigenvalue weighted by Crippen LogP contribution is 2.40. The van der Waals surface area contributed by atoms with E-state index in [2.05, 4.69) is 25.2 Å². The average Bonchev–Trinajstić information content (AvgIpc) is 3.51. The van der Waals surface area contributed by atoms with Crippen molar-refractivity contribution in [2.24, 2.45) is 0 Å². The Kier molecular flexibility index (Phi) is 4.59. The SMILES string of the molecule is O=C(c1cc(C2CC2)on1)N1CCN(c2ccc(N3CCOCC3)nn2)CC1. The number of hydrogen-bond donors (Lipinski definition) is 0. The number of piperazine rings is 1. The van der Waals surface area contributed by atoms with Crippen molar-refractivity contribution < 1.29 is 14.1 Å². The molecular formula is C19H24N6O3. The summed E-state index contributed by atoms with van der Waals surface area (Å²) < 4.78 is 10.7. The van der Waals surface area contributed by atoms with Gasteiger partial charge in [0, 0.05) is 51.3 Å². The molecule has 4 heterocycles. The summed E-state index contributed by atoms with van der Waals surface area (Å²) in [4.78, 5) is 18.8. The zero-order valence-electron chi connectivity index (χ0n) is 15.8. The fraction of sp³-hybridized carbons (Fsp3) is 0.579. The first-order valence-corrected chi connectivity index (χ1v) is 9.95. The lowest BCUT2D eigenvalue weighted by atomic mass is 10.2. The molecule has 0 unspecified atom stereocenters. The Balaban J connectivity index is 1.17. The molecule has 2 saturated heterocycles. The molecule has 5 rings (SSSR count). The normalized spacial score (nSPS) is 20.5. The number of rotatable bonds is 4. The van der Waals surface area contributed by atoms with Gasteiger partial charge in [-0.2, -0.15) is 0 Å². The van der Waals surface area contributed by atoms with Crippen molar-refractivity contribution in [3.63, 3.8) is 0 Å². The Morgan fingerprint density at radius 3 is 2.18 bits per heavy atom. The Morgan fingerprint density at radius 1 is 0.929 bits per heavy atom. The van der Waals surface area contributed by atoms with Gasteiger partial charge in [0.2, 0.25) is 0 Å². The number of anilines is 2. The monoisotopic (exact) mass is 384 g/mol. The maximum atomic E-state index is 12.7. The number of amides is 1. The van der Waals surface area contributed by atoms with E-state index < -0.39 is 0 Å². The number of nitrogens with zero attached hydrogens (tertiary/aromatic N) is 6. The second-order valence-electron chi connectivity index (χ2n) is 7.52. The number of aromatic nitrogens is 3. The van der Waals surface area contributed by atoms with Crippen molar-refractivity contribution in [3.05, 3.63) is 29.7 Å². The van der Waals surface area contributed by atoms with E-state index in [1.807, 2.05) is 23.1 Å². The van der Waals surface area contributed by atoms with Crippen molar-refractivity contribution in [2.45, 2.75) is 18.8 Å². The van der Waals surface area contributed by atoms with Gasteiger partial charge in [0.05, 0.1) is 13.2 Å². The molecule has 28 heavy (non-hydrogen) atoms. The Bertz CT molecular complexity index is 820. The third-order valence-electron chi connectivity index (χ3n) is 5.59. The van der Waals surface area contributed by atoms with E-state index in [0.717, 1.165) is 69.6 Å². The average molecular weight is 384 g/mol. The molecule has 1 aliphatic carbocycles. The van der Waals surface area contributed by atoms with Crippen molar-refractivity contribution in [1.29, 1.82) is 0 Å². The predicted octanol–water partition coefficient (Wildman–Crippen LogP) is 1.14. The Morgan fingerprint density at radius 2 is 1.57 bits per heavy atom. The van der Waals surface area contributed by atoms with Gasteiger partial charge in [-0.25, -0.2) is 0 Å². The molecule has 1 saturated carbocycles. The first kappa shape index (κ1) is 17.4.